The van der Waals surface area contributed by atoms with Crippen molar-refractivity contribution >= 4 is 17.9 Å². The van der Waals surface area contributed by atoms with Crippen molar-refractivity contribution < 1.29 is 23.9 Å². The Kier molecular flexibility index (Phi) is 5.90. The standard InChI is InChI=1S/C11H12O2.C4H2O3/c1-9(2)11(12)13-8-10-6-4-3-5-7-10;5-3-1-2-4(6)7-3/h3-7H,1,8H2,2H3;1-2H. The van der Waals surface area contributed by atoms with Crippen LogP contribution in [0.2, 0.25) is 0 Å². The number of esters is 3. The normalized spacial score (nSPS) is 12.2. The maximum Gasteiger partial charge on any atom is 0.338 e. The third-order valence-corrected chi connectivity index (χ3v) is 2.12. The first-order valence-electron chi connectivity index (χ1n) is 5.79. The maximum absolute atomic E-state index is 11.0. The van der Waals surface area contributed by atoms with Crippen LogP contribution >= 0.6 is 0 Å². The van der Waals surface area contributed by atoms with E-state index in [1.807, 2.05) is 30.3 Å². The van der Waals surface area contributed by atoms with Crippen molar-refractivity contribution in [3.05, 3.63) is 60.2 Å². The smallest absolute Gasteiger partial charge is 0.338 e. The Balaban J connectivity index is 0.000000240. The molecule has 0 aliphatic carbocycles. The lowest BCUT2D eigenvalue weighted by Crippen LogP contribution is -2.04. The zero-order valence-electron chi connectivity index (χ0n) is 11.0. The fourth-order valence-corrected chi connectivity index (χ4v) is 1.15. The van der Waals surface area contributed by atoms with Crippen LogP contribution in [0, 0.1) is 0 Å². The average Bonchev–Trinajstić information content (AvgIpc) is 2.81. The lowest BCUT2D eigenvalue weighted by molar-refractivity contribution is -0.150. The number of hydrogen-bond acceptors (Lipinski definition) is 5. The van der Waals surface area contributed by atoms with E-state index in [2.05, 4.69) is 11.3 Å². The summed E-state index contributed by atoms with van der Waals surface area (Å²) in [6, 6.07) is 9.55. The first kappa shape index (κ1) is 15.4. The average molecular weight is 274 g/mol. The fraction of sp³-hybridized carbons (Fsp3) is 0.133. The third kappa shape index (κ3) is 5.77. The molecule has 0 radical (unpaired) electrons. The van der Waals surface area contributed by atoms with Crippen LogP contribution in [0.4, 0.5) is 0 Å². The molecule has 104 valence electrons. The van der Waals surface area contributed by atoms with E-state index in [1.165, 1.54) is 0 Å². The summed E-state index contributed by atoms with van der Waals surface area (Å²) in [5, 5.41) is 0. The third-order valence-electron chi connectivity index (χ3n) is 2.12. The van der Waals surface area contributed by atoms with Gasteiger partial charge in [-0.2, -0.15) is 0 Å². The van der Waals surface area contributed by atoms with E-state index in [-0.39, 0.29) is 5.97 Å². The Bertz CT molecular complexity index is 527. The summed E-state index contributed by atoms with van der Waals surface area (Å²) in [5.74, 6) is -1.50. The molecule has 1 aliphatic rings. The van der Waals surface area contributed by atoms with E-state index < -0.39 is 11.9 Å². The molecule has 1 aromatic rings. The number of carbonyl (C=O) groups is 3. The molecule has 1 heterocycles. The predicted molar refractivity (Wildman–Crippen MR) is 71.3 cm³/mol. The number of ether oxygens (including phenoxy) is 2. The first-order chi connectivity index (χ1) is 9.49. The predicted octanol–water partition coefficient (Wildman–Crippen LogP) is 1.93. The topological polar surface area (TPSA) is 69.7 Å². The summed E-state index contributed by atoms with van der Waals surface area (Å²) in [7, 11) is 0. The summed E-state index contributed by atoms with van der Waals surface area (Å²) in [6.45, 7) is 5.44. The molecule has 0 atom stereocenters. The molecule has 0 amide bonds. The number of benzene rings is 1. The lowest BCUT2D eigenvalue weighted by Gasteiger charge is -2.03. The van der Waals surface area contributed by atoms with Gasteiger partial charge in [0, 0.05) is 17.7 Å². The van der Waals surface area contributed by atoms with E-state index in [1.54, 1.807) is 6.92 Å². The molecule has 5 heteroatoms. The van der Waals surface area contributed by atoms with E-state index in [4.69, 9.17) is 4.74 Å². The summed E-state index contributed by atoms with van der Waals surface area (Å²) in [6.07, 6.45) is 2.17. The molecule has 2 rings (SSSR count). The zero-order chi connectivity index (χ0) is 15.0. The van der Waals surface area contributed by atoms with Crippen molar-refractivity contribution in [3.63, 3.8) is 0 Å². The summed E-state index contributed by atoms with van der Waals surface area (Å²) in [5.41, 5.74) is 1.41. The zero-order valence-corrected chi connectivity index (χ0v) is 11.0. The van der Waals surface area contributed by atoms with Crippen molar-refractivity contribution in [1.82, 2.24) is 0 Å². The molecule has 0 saturated heterocycles. The Morgan fingerprint density at radius 1 is 1.15 bits per heavy atom. The van der Waals surface area contributed by atoms with Crippen molar-refractivity contribution in [3.8, 4) is 0 Å². The number of rotatable bonds is 3. The minimum Gasteiger partial charge on any atom is -0.457 e. The highest BCUT2D eigenvalue weighted by molar-refractivity contribution is 6.04. The SMILES string of the molecule is C=C(C)C(=O)OCc1ccccc1.O=C1C=CC(=O)O1. The summed E-state index contributed by atoms with van der Waals surface area (Å²) in [4.78, 5) is 30.8. The molecular weight excluding hydrogens is 260 g/mol. The monoisotopic (exact) mass is 274 g/mol. The van der Waals surface area contributed by atoms with Gasteiger partial charge in [-0.25, -0.2) is 14.4 Å². The highest BCUT2D eigenvalue weighted by Crippen LogP contribution is 2.02. The van der Waals surface area contributed by atoms with Crippen LogP contribution in [0.25, 0.3) is 0 Å². The van der Waals surface area contributed by atoms with Gasteiger partial charge in [0.2, 0.25) is 0 Å². The van der Waals surface area contributed by atoms with Crippen molar-refractivity contribution in [2.75, 3.05) is 0 Å². The maximum atomic E-state index is 11.0. The van der Waals surface area contributed by atoms with Gasteiger partial charge in [-0.3, -0.25) is 0 Å². The first-order valence-corrected chi connectivity index (χ1v) is 5.79. The Morgan fingerprint density at radius 3 is 2.10 bits per heavy atom. The number of hydrogen-bond donors (Lipinski definition) is 0. The molecule has 0 unspecified atom stereocenters. The number of carbonyl (C=O) groups excluding carboxylic acids is 3. The van der Waals surface area contributed by atoms with Gasteiger partial charge in [0.15, 0.2) is 0 Å². The van der Waals surface area contributed by atoms with E-state index in [9.17, 15) is 14.4 Å². The Hall–Kier alpha value is -2.69. The van der Waals surface area contributed by atoms with Crippen LogP contribution in [0.1, 0.15) is 12.5 Å². The Morgan fingerprint density at radius 2 is 1.70 bits per heavy atom. The van der Waals surface area contributed by atoms with Gasteiger partial charge in [0.1, 0.15) is 6.61 Å². The second-order valence-electron chi connectivity index (χ2n) is 3.92. The van der Waals surface area contributed by atoms with Gasteiger partial charge in [0.05, 0.1) is 0 Å². The van der Waals surface area contributed by atoms with Crippen LogP contribution in [0.5, 0.6) is 0 Å². The van der Waals surface area contributed by atoms with Crippen LogP contribution < -0.4 is 0 Å². The molecule has 20 heavy (non-hydrogen) atoms. The van der Waals surface area contributed by atoms with Crippen molar-refractivity contribution in [2.45, 2.75) is 13.5 Å². The molecule has 0 spiro atoms. The molecule has 0 fully saturated rings. The van der Waals surface area contributed by atoms with Crippen molar-refractivity contribution in [2.24, 2.45) is 0 Å². The van der Waals surface area contributed by atoms with E-state index >= 15 is 0 Å². The molecule has 1 aromatic carbocycles. The molecule has 0 N–H and O–H groups in total. The van der Waals surface area contributed by atoms with Gasteiger partial charge in [0.25, 0.3) is 0 Å². The molecular formula is C15H14O5. The van der Waals surface area contributed by atoms with Crippen LogP contribution in [-0.4, -0.2) is 17.9 Å². The fourth-order valence-electron chi connectivity index (χ4n) is 1.15. The number of cyclic esters (lactones) is 2. The van der Waals surface area contributed by atoms with Gasteiger partial charge in [-0.15, -0.1) is 0 Å². The molecule has 0 aromatic heterocycles. The Labute approximate surface area is 116 Å². The molecule has 0 bridgehead atoms. The van der Waals surface area contributed by atoms with Gasteiger partial charge in [-0.1, -0.05) is 36.9 Å². The van der Waals surface area contributed by atoms with Gasteiger partial charge in [-0.05, 0) is 12.5 Å². The highest BCUT2D eigenvalue weighted by atomic mass is 16.6. The summed E-state index contributed by atoms with van der Waals surface area (Å²) < 4.78 is 8.92. The quantitative estimate of drug-likeness (QED) is 0.478. The minimum atomic E-state index is -0.579. The molecule has 1 aliphatic heterocycles. The van der Waals surface area contributed by atoms with Gasteiger partial charge >= 0.3 is 17.9 Å². The van der Waals surface area contributed by atoms with Gasteiger partial charge < -0.3 is 9.47 Å². The lowest BCUT2D eigenvalue weighted by atomic mass is 10.2. The highest BCUT2D eigenvalue weighted by Gasteiger charge is 2.10. The van der Waals surface area contributed by atoms with E-state index in [0.29, 0.717) is 12.2 Å². The molecule has 5 nitrogen and oxygen atoms in total. The van der Waals surface area contributed by atoms with E-state index in [0.717, 1.165) is 17.7 Å². The second kappa shape index (κ2) is 7.68. The minimum absolute atomic E-state index is 0.312. The molecule has 0 saturated carbocycles. The van der Waals surface area contributed by atoms with Crippen LogP contribution in [-0.2, 0) is 30.5 Å². The van der Waals surface area contributed by atoms with Crippen LogP contribution in [0.15, 0.2) is 54.6 Å². The summed E-state index contributed by atoms with van der Waals surface area (Å²) >= 11 is 0. The van der Waals surface area contributed by atoms with Crippen LogP contribution in [0.3, 0.4) is 0 Å². The van der Waals surface area contributed by atoms with Crippen molar-refractivity contribution in [1.29, 1.82) is 0 Å². The largest absolute Gasteiger partial charge is 0.457 e. The second-order valence-corrected chi connectivity index (χ2v) is 3.92.